The van der Waals surface area contributed by atoms with Crippen LogP contribution in [0.5, 0.6) is 5.75 Å². The summed E-state index contributed by atoms with van der Waals surface area (Å²) in [6.07, 6.45) is 0.504. The Hall–Kier alpha value is -1.75. The van der Waals surface area contributed by atoms with Gasteiger partial charge in [-0.25, -0.2) is 4.79 Å². The average Bonchev–Trinajstić information content (AvgIpc) is 2.31. The van der Waals surface area contributed by atoms with Crippen LogP contribution in [0.3, 0.4) is 0 Å². The lowest BCUT2D eigenvalue weighted by Crippen LogP contribution is -2.46. The van der Waals surface area contributed by atoms with Crippen LogP contribution in [0.1, 0.15) is 27.2 Å². The second-order valence-electron chi connectivity index (χ2n) is 4.89. The summed E-state index contributed by atoms with van der Waals surface area (Å²) in [7, 11) is 0. The Kier molecular flexibility index (Phi) is 5.63. The Balaban J connectivity index is 2.52. The predicted molar refractivity (Wildman–Crippen MR) is 75.5 cm³/mol. The summed E-state index contributed by atoms with van der Waals surface area (Å²) < 4.78 is 5.32. The fourth-order valence-corrected chi connectivity index (χ4v) is 1.61. The predicted octanol–water partition coefficient (Wildman–Crippen LogP) is 2.37. The topological polar surface area (TPSA) is 70.6 Å². The molecule has 0 aliphatic rings. The summed E-state index contributed by atoms with van der Waals surface area (Å²) in [5, 5.41) is 14.4. The second kappa shape index (κ2) is 6.99. The van der Waals surface area contributed by atoms with Crippen molar-refractivity contribution < 1.29 is 14.6 Å². The van der Waals surface area contributed by atoms with E-state index in [1.54, 1.807) is 24.3 Å². The third kappa shape index (κ3) is 5.61. The number of benzene rings is 1. The van der Waals surface area contributed by atoms with Crippen LogP contribution in [0.25, 0.3) is 0 Å². The first-order valence-electron chi connectivity index (χ1n) is 6.40. The minimum Gasteiger partial charge on any atom is -0.494 e. The van der Waals surface area contributed by atoms with Crippen LogP contribution in [0, 0.1) is 0 Å². The lowest BCUT2D eigenvalue weighted by atomic mass is 10.0. The molecule has 1 aromatic carbocycles. The first-order chi connectivity index (χ1) is 8.96. The number of hydrogen-bond acceptors (Lipinski definition) is 3. The molecule has 1 aromatic rings. The summed E-state index contributed by atoms with van der Waals surface area (Å²) in [4.78, 5) is 11.8. The largest absolute Gasteiger partial charge is 0.494 e. The highest BCUT2D eigenvalue weighted by molar-refractivity contribution is 5.89. The summed E-state index contributed by atoms with van der Waals surface area (Å²) in [6.45, 7) is 6.30. The van der Waals surface area contributed by atoms with Crippen molar-refractivity contribution >= 4 is 11.7 Å². The Morgan fingerprint density at radius 3 is 2.47 bits per heavy atom. The molecule has 3 N–H and O–H groups in total. The molecule has 0 aliphatic carbocycles. The van der Waals surface area contributed by atoms with E-state index in [0.717, 1.165) is 5.75 Å². The van der Waals surface area contributed by atoms with E-state index < -0.39 is 5.54 Å². The lowest BCUT2D eigenvalue weighted by molar-refractivity contribution is 0.218. The van der Waals surface area contributed by atoms with Gasteiger partial charge >= 0.3 is 6.03 Å². The molecule has 1 rings (SSSR count). The van der Waals surface area contributed by atoms with Crippen molar-refractivity contribution in [1.29, 1.82) is 0 Å². The Morgan fingerprint density at radius 1 is 1.32 bits per heavy atom. The first kappa shape index (κ1) is 15.3. The number of carbonyl (C=O) groups is 1. The van der Waals surface area contributed by atoms with E-state index in [9.17, 15) is 4.79 Å². The van der Waals surface area contributed by atoms with Gasteiger partial charge in [0.05, 0.1) is 6.61 Å². The Morgan fingerprint density at radius 2 is 1.95 bits per heavy atom. The van der Waals surface area contributed by atoms with Gasteiger partial charge in [0.2, 0.25) is 0 Å². The van der Waals surface area contributed by atoms with Crippen LogP contribution in [-0.4, -0.2) is 29.9 Å². The molecule has 0 aliphatic heterocycles. The van der Waals surface area contributed by atoms with E-state index in [-0.39, 0.29) is 12.6 Å². The number of amides is 2. The Bertz CT molecular complexity index is 402. The smallest absolute Gasteiger partial charge is 0.319 e. The normalized spacial score (nSPS) is 10.9. The van der Waals surface area contributed by atoms with Gasteiger partial charge in [-0.3, -0.25) is 0 Å². The number of carbonyl (C=O) groups excluding carboxylic acids is 1. The van der Waals surface area contributed by atoms with E-state index >= 15 is 0 Å². The number of nitrogens with one attached hydrogen (secondary N) is 2. The number of hydrogen-bond donors (Lipinski definition) is 3. The van der Waals surface area contributed by atoms with Crippen LogP contribution in [0.4, 0.5) is 10.5 Å². The number of ether oxygens (including phenoxy) is 1. The van der Waals surface area contributed by atoms with Crippen molar-refractivity contribution in [3.8, 4) is 5.75 Å². The fourth-order valence-electron chi connectivity index (χ4n) is 1.61. The van der Waals surface area contributed by atoms with Crippen LogP contribution in [0.2, 0.25) is 0 Å². The summed E-state index contributed by atoms with van der Waals surface area (Å²) in [6, 6.07) is 6.88. The van der Waals surface area contributed by atoms with Crippen molar-refractivity contribution in [3.63, 3.8) is 0 Å². The third-order valence-electron chi connectivity index (χ3n) is 2.61. The molecule has 0 saturated heterocycles. The zero-order valence-electron chi connectivity index (χ0n) is 11.7. The number of anilines is 1. The van der Waals surface area contributed by atoms with Crippen molar-refractivity contribution in [3.05, 3.63) is 24.3 Å². The maximum atomic E-state index is 11.8. The van der Waals surface area contributed by atoms with Gasteiger partial charge in [0.1, 0.15) is 5.75 Å². The van der Waals surface area contributed by atoms with Gasteiger partial charge in [0, 0.05) is 17.8 Å². The zero-order chi connectivity index (χ0) is 14.3. The van der Waals surface area contributed by atoms with E-state index in [0.29, 0.717) is 18.7 Å². The lowest BCUT2D eigenvalue weighted by Gasteiger charge is -2.25. The fraction of sp³-hybridized carbons (Fsp3) is 0.500. The van der Waals surface area contributed by atoms with E-state index in [1.165, 1.54) is 0 Å². The van der Waals surface area contributed by atoms with Gasteiger partial charge in [-0.1, -0.05) is 0 Å². The van der Waals surface area contributed by atoms with Crippen LogP contribution in [-0.2, 0) is 0 Å². The van der Waals surface area contributed by atoms with Gasteiger partial charge in [-0.2, -0.15) is 0 Å². The van der Waals surface area contributed by atoms with E-state index in [2.05, 4.69) is 10.6 Å². The molecule has 2 amide bonds. The molecule has 0 bridgehead atoms. The minimum absolute atomic E-state index is 0.0380. The molecule has 0 saturated carbocycles. The Labute approximate surface area is 114 Å². The monoisotopic (exact) mass is 266 g/mol. The average molecular weight is 266 g/mol. The van der Waals surface area contributed by atoms with Crippen molar-refractivity contribution in [2.45, 2.75) is 32.7 Å². The van der Waals surface area contributed by atoms with Crippen molar-refractivity contribution in [1.82, 2.24) is 5.32 Å². The molecule has 0 radical (unpaired) electrons. The van der Waals surface area contributed by atoms with Crippen LogP contribution >= 0.6 is 0 Å². The number of aliphatic hydroxyl groups is 1. The molecular weight excluding hydrogens is 244 g/mol. The highest BCUT2D eigenvalue weighted by atomic mass is 16.5. The quantitative estimate of drug-likeness (QED) is 0.740. The van der Waals surface area contributed by atoms with Gasteiger partial charge in [-0.05, 0) is 51.5 Å². The minimum atomic E-state index is -0.440. The third-order valence-corrected chi connectivity index (χ3v) is 2.61. The van der Waals surface area contributed by atoms with Gasteiger partial charge < -0.3 is 20.5 Å². The molecular formula is C14H22N2O3. The molecule has 106 valence electrons. The van der Waals surface area contributed by atoms with E-state index in [1.807, 2.05) is 20.8 Å². The number of rotatable bonds is 6. The van der Waals surface area contributed by atoms with Crippen LogP contribution < -0.4 is 15.4 Å². The molecule has 0 spiro atoms. The highest BCUT2D eigenvalue weighted by Crippen LogP contribution is 2.16. The highest BCUT2D eigenvalue weighted by Gasteiger charge is 2.19. The summed E-state index contributed by atoms with van der Waals surface area (Å²) >= 11 is 0. The maximum Gasteiger partial charge on any atom is 0.319 e. The van der Waals surface area contributed by atoms with E-state index in [4.69, 9.17) is 9.84 Å². The molecule has 0 heterocycles. The van der Waals surface area contributed by atoms with Gasteiger partial charge in [0.25, 0.3) is 0 Å². The zero-order valence-corrected chi connectivity index (χ0v) is 11.7. The molecule has 0 unspecified atom stereocenters. The van der Waals surface area contributed by atoms with Crippen molar-refractivity contribution in [2.24, 2.45) is 0 Å². The summed E-state index contributed by atoms with van der Waals surface area (Å²) in [5.74, 6) is 0.772. The molecule has 19 heavy (non-hydrogen) atoms. The SMILES string of the molecule is CCOc1ccc(NC(=O)NC(C)(C)CCO)cc1. The number of urea groups is 1. The molecule has 5 nitrogen and oxygen atoms in total. The van der Waals surface area contributed by atoms with Gasteiger partial charge in [0.15, 0.2) is 0 Å². The second-order valence-corrected chi connectivity index (χ2v) is 4.89. The molecule has 0 fully saturated rings. The molecule has 5 heteroatoms. The summed E-state index contributed by atoms with van der Waals surface area (Å²) in [5.41, 5.74) is 0.255. The maximum absolute atomic E-state index is 11.8. The van der Waals surface area contributed by atoms with Crippen LogP contribution in [0.15, 0.2) is 24.3 Å². The molecule has 0 aromatic heterocycles. The first-order valence-corrected chi connectivity index (χ1v) is 6.40. The van der Waals surface area contributed by atoms with Crippen molar-refractivity contribution in [2.75, 3.05) is 18.5 Å². The number of aliphatic hydroxyl groups excluding tert-OH is 1. The standard InChI is InChI=1S/C14H22N2O3/c1-4-19-12-7-5-11(6-8-12)15-13(18)16-14(2,3)9-10-17/h5-8,17H,4,9-10H2,1-3H3,(H2,15,16,18). The van der Waals surface area contributed by atoms with Gasteiger partial charge in [-0.15, -0.1) is 0 Å². The molecule has 0 atom stereocenters.